The fourth-order valence-electron chi connectivity index (χ4n) is 5.62. The molecule has 0 saturated carbocycles. The number of nitrogens with zero attached hydrogens (tertiary/aromatic N) is 1. The summed E-state index contributed by atoms with van der Waals surface area (Å²) in [6, 6.07) is -0.624. The van der Waals surface area contributed by atoms with Gasteiger partial charge < -0.3 is 23.8 Å². The van der Waals surface area contributed by atoms with Crippen LogP contribution >= 0.6 is 0 Å². The van der Waals surface area contributed by atoms with Gasteiger partial charge in [0.25, 0.3) is 0 Å². The molecular weight excluding hydrogens is 679 g/mol. The normalized spacial score (nSPS) is 13.7. The molecule has 0 aromatic rings. The number of rotatable bonds is 36. The highest BCUT2D eigenvalue weighted by Gasteiger charge is 2.31. The Kier molecular flexibility index (Phi) is 34.5. The Morgan fingerprint density at radius 2 is 1.04 bits per heavy atom. The molecule has 0 aromatic heterocycles. The molecule has 8 heteroatoms. The van der Waals surface area contributed by atoms with Crippen molar-refractivity contribution in [2.24, 2.45) is 0 Å². The van der Waals surface area contributed by atoms with Crippen LogP contribution in [0, 0.1) is 0 Å². The molecule has 54 heavy (non-hydrogen) atoms. The van der Waals surface area contributed by atoms with Crippen molar-refractivity contribution in [2.45, 2.75) is 161 Å². The summed E-state index contributed by atoms with van der Waals surface area (Å²) in [5, 5.41) is 9.59. The summed E-state index contributed by atoms with van der Waals surface area (Å²) >= 11 is 0. The number of aliphatic carboxylic acids is 1. The van der Waals surface area contributed by atoms with Gasteiger partial charge in [0.2, 0.25) is 0 Å². The highest BCUT2D eigenvalue weighted by Crippen LogP contribution is 2.13. The van der Waals surface area contributed by atoms with Crippen LogP contribution in [-0.4, -0.2) is 80.6 Å². The van der Waals surface area contributed by atoms with Gasteiger partial charge in [0, 0.05) is 19.3 Å². The summed E-state index contributed by atoms with van der Waals surface area (Å²) in [7, 11) is 5.50. The summed E-state index contributed by atoms with van der Waals surface area (Å²) in [4.78, 5) is 36.8. The first-order valence-corrected chi connectivity index (χ1v) is 21.0. The molecular formula is C46H78NO7+. The van der Waals surface area contributed by atoms with E-state index in [1.54, 1.807) is 0 Å². The van der Waals surface area contributed by atoms with Crippen LogP contribution in [0.25, 0.3) is 0 Å². The van der Waals surface area contributed by atoms with Gasteiger partial charge in [0.15, 0.2) is 12.1 Å². The third-order valence-electron chi connectivity index (χ3n) is 8.87. The average Bonchev–Trinajstić information content (AvgIpc) is 3.12. The zero-order valence-corrected chi connectivity index (χ0v) is 34.9. The van der Waals surface area contributed by atoms with E-state index in [1.807, 2.05) is 21.1 Å². The molecule has 0 bridgehead atoms. The monoisotopic (exact) mass is 757 g/mol. The van der Waals surface area contributed by atoms with E-state index in [1.165, 1.54) is 38.5 Å². The number of unbranched alkanes of at least 4 members (excludes halogenated alkanes) is 10. The minimum atomic E-state index is -0.886. The Labute approximate surface area is 330 Å². The molecule has 8 nitrogen and oxygen atoms in total. The number of allylic oxidation sites excluding steroid dienone is 12. The first-order valence-electron chi connectivity index (χ1n) is 21.0. The molecule has 0 aromatic carbocycles. The number of carboxylic acid groups (broad SMARTS) is 1. The van der Waals surface area contributed by atoms with Crippen molar-refractivity contribution < 1.29 is 38.2 Å². The molecule has 0 radical (unpaired) electrons. The van der Waals surface area contributed by atoms with Crippen LogP contribution in [0.2, 0.25) is 0 Å². The van der Waals surface area contributed by atoms with Gasteiger partial charge in [-0.15, -0.1) is 0 Å². The van der Waals surface area contributed by atoms with E-state index < -0.39 is 18.1 Å². The molecule has 0 rings (SSSR count). The highest BCUT2D eigenvalue weighted by atomic mass is 16.6. The van der Waals surface area contributed by atoms with Crippen molar-refractivity contribution in [1.29, 1.82) is 0 Å². The van der Waals surface area contributed by atoms with Gasteiger partial charge in [-0.1, -0.05) is 138 Å². The lowest BCUT2D eigenvalue weighted by molar-refractivity contribution is -0.887. The summed E-state index contributed by atoms with van der Waals surface area (Å²) in [6.45, 7) is 4.53. The van der Waals surface area contributed by atoms with Gasteiger partial charge in [0.05, 0.1) is 34.4 Å². The average molecular weight is 757 g/mol. The molecule has 2 unspecified atom stereocenters. The second-order valence-corrected chi connectivity index (χ2v) is 14.9. The van der Waals surface area contributed by atoms with Gasteiger partial charge in [-0.05, 0) is 64.2 Å². The number of carbonyl (C=O) groups excluding carboxylic acids is 2. The van der Waals surface area contributed by atoms with Crippen molar-refractivity contribution in [1.82, 2.24) is 0 Å². The number of esters is 2. The summed E-state index contributed by atoms with van der Waals surface area (Å²) in [5.41, 5.74) is 0. The molecule has 308 valence electrons. The maximum atomic E-state index is 12.7. The molecule has 0 amide bonds. The standard InChI is InChI=1S/C46H77NO7/c1-6-8-10-12-14-16-17-18-19-20-21-22-23-24-25-26-27-29-31-33-35-37-45(49)54-42(40-52-39-38-43(46(50)51)47(3,4)5)41-53-44(48)36-34-32-30-28-15-13-11-9-7-2/h8,10,14,16,18-19,21-22,24-25,27,29,42-43H,6-7,9,11-13,15,17,20,23,26,28,30-41H2,1-5H3/p+1/b10-8+,16-14+,19-18+,22-21+,25-24+,29-27+. The fourth-order valence-corrected chi connectivity index (χ4v) is 5.62. The molecule has 0 fully saturated rings. The first kappa shape index (κ1) is 50.8. The number of likely N-dealkylation sites (N-methyl/N-ethyl adjacent to an activating group) is 1. The molecule has 0 heterocycles. The van der Waals surface area contributed by atoms with Crippen LogP contribution in [0.4, 0.5) is 0 Å². The van der Waals surface area contributed by atoms with Crippen LogP contribution < -0.4 is 0 Å². The number of hydrogen-bond donors (Lipinski definition) is 1. The topological polar surface area (TPSA) is 99.1 Å². The van der Waals surface area contributed by atoms with Gasteiger partial charge >= 0.3 is 17.9 Å². The second kappa shape index (κ2) is 36.7. The molecule has 0 saturated heterocycles. The first-order chi connectivity index (χ1) is 26.1. The third-order valence-corrected chi connectivity index (χ3v) is 8.87. The number of carboxylic acids is 1. The van der Waals surface area contributed by atoms with Crippen molar-refractivity contribution in [2.75, 3.05) is 41.0 Å². The van der Waals surface area contributed by atoms with Gasteiger partial charge in [-0.2, -0.15) is 0 Å². The van der Waals surface area contributed by atoms with Gasteiger partial charge in [-0.3, -0.25) is 9.59 Å². The zero-order chi connectivity index (χ0) is 40.0. The SMILES string of the molecule is CC/C=C/C/C=C/C/C=C/C/C=C/C/C=C/C/C=C/CCCCC(=O)OC(COCCC(C(=O)O)[N+](C)(C)C)COC(=O)CCCCCCCCCCC. The lowest BCUT2D eigenvalue weighted by Gasteiger charge is -2.31. The van der Waals surface area contributed by atoms with E-state index in [0.29, 0.717) is 19.3 Å². The predicted octanol–water partition coefficient (Wildman–Crippen LogP) is 11.2. The number of quaternary nitrogens is 1. The second-order valence-electron chi connectivity index (χ2n) is 14.9. The van der Waals surface area contributed by atoms with E-state index in [0.717, 1.165) is 70.6 Å². The van der Waals surface area contributed by atoms with E-state index in [4.69, 9.17) is 14.2 Å². The van der Waals surface area contributed by atoms with E-state index in [9.17, 15) is 19.5 Å². The van der Waals surface area contributed by atoms with Gasteiger partial charge in [0.1, 0.15) is 6.61 Å². The molecule has 0 aliphatic carbocycles. The number of carbonyl (C=O) groups is 3. The fraction of sp³-hybridized carbons (Fsp3) is 0.674. The Hall–Kier alpha value is -3.23. The lowest BCUT2D eigenvalue weighted by atomic mass is 10.1. The van der Waals surface area contributed by atoms with Crippen LogP contribution in [0.3, 0.4) is 0 Å². The van der Waals surface area contributed by atoms with E-state index in [-0.39, 0.29) is 42.7 Å². The molecule has 0 aliphatic heterocycles. The Morgan fingerprint density at radius 3 is 1.54 bits per heavy atom. The number of hydrogen-bond acceptors (Lipinski definition) is 6. The third kappa shape index (κ3) is 34.5. The molecule has 0 aliphatic rings. The van der Waals surface area contributed by atoms with Gasteiger partial charge in [-0.25, -0.2) is 4.79 Å². The molecule has 1 N–H and O–H groups in total. The number of ether oxygens (including phenoxy) is 3. The minimum absolute atomic E-state index is 0.0407. The Balaban J connectivity index is 4.43. The maximum Gasteiger partial charge on any atom is 0.362 e. The summed E-state index contributed by atoms with van der Waals surface area (Å²) < 4.78 is 17.2. The van der Waals surface area contributed by atoms with Crippen molar-refractivity contribution in [3.63, 3.8) is 0 Å². The largest absolute Gasteiger partial charge is 0.477 e. The van der Waals surface area contributed by atoms with Crippen molar-refractivity contribution in [3.8, 4) is 0 Å². The molecule has 0 spiro atoms. The zero-order valence-electron chi connectivity index (χ0n) is 34.9. The molecule has 2 atom stereocenters. The maximum absolute atomic E-state index is 12.7. The van der Waals surface area contributed by atoms with E-state index >= 15 is 0 Å². The van der Waals surface area contributed by atoms with Crippen LogP contribution in [0.15, 0.2) is 72.9 Å². The summed E-state index contributed by atoms with van der Waals surface area (Å²) in [6.07, 6.45) is 45.2. The quantitative estimate of drug-likeness (QED) is 0.0294. The van der Waals surface area contributed by atoms with Crippen LogP contribution in [-0.2, 0) is 28.6 Å². The predicted molar refractivity (Wildman–Crippen MR) is 224 cm³/mol. The van der Waals surface area contributed by atoms with Crippen LogP contribution in [0.5, 0.6) is 0 Å². The highest BCUT2D eigenvalue weighted by molar-refractivity contribution is 5.72. The minimum Gasteiger partial charge on any atom is -0.477 e. The Bertz CT molecular complexity index is 1110. The van der Waals surface area contributed by atoms with Crippen molar-refractivity contribution in [3.05, 3.63) is 72.9 Å². The Morgan fingerprint density at radius 1 is 0.574 bits per heavy atom. The van der Waals surface area contributed by atoms with Crippen LogP contribution in [0.1, 0.15) is 149 Å². The van der Waals surface area contributed by atoms with Crippen molar-refractivity contribution >= 4 is 17.9 Å². The summed E-state index contributed by atoms with van der Waals surface area (Å²) in [5.74, 6) is -1.54. The lowest BCUT2D eigenvalue weighted by Crippen LogP contribution is -2.50. The smallest absolute Gasteiger partial charge is 0.362 e. The van der Waals surface area contributed by atoms with E-state index in [2.05, 4.69) is 86.8 Å².